The van der Waals surface area contributed by atoms with E-state index in [1.165, 1.54) is 62.7 Å². The zero-order valence-corrected chi connectivity index (χ0v) is 26.8. The third kappa shape index (κ3) is 6.50. The Morgan fingerprint density at radius 3 is 1.52 bits per heavy atom. The first-order chi connectivity index (χ1) is 20.4. The number of anilines is 2. The summed E-state index contributed by atoms with van der Waals surface area (Å²) in [5, 5.41) is 0. The first-order valence-corrected chi connectivity index (χ1v) is 16.3. The van der Waals surface area contributed by atoms with Crippen LogP contribution in [0.2, 0.25) is 0 Å². The van der Waals surface area contributed by atoms with Crippen LogP contribution in [0.15, 0.2) is 54.9 Å². The largest absolute Gasteiger partial charge is 0.440 e. The summed E-state index contributed by atoms with van der Waals surface area (Å²) < 4.78 is 6.51. The van der Waals surface area contributed by atoms with E-state index in [2.05, 4.69) is 92.7 Å². The van der Waals surface area contributed by atoms with Gasteiger partial charge in [0.2, 0.25) is 0 Å². The SMILES string of the molecule is CCCCN(CCCC)c1ccc(C2(c3ccc(N(CCCC)CCCC)cc3C)OC(=O)c3ccncc32)c(C)c1. The second kappa shape index (κ2) is 14.7. The van der Waals surface area contributed by atoms with Gasteiger partial charge in [0.25, 0.3) is 0 Å². The Hall–Kier alpha value is -3.34. The maximum atomic E-state index is 13.4. The standard InChI is InChI=1S/C37H51N3O2/c1-7-11-21-39(22-12-8-2)30-15-17-33(28(5)25-30)37(35-27-38-20-19-32(35)36(41)42-37)34-18-16-31(26-29(34)6)40(23-13-9-3)24-14-10-4/h15-20,25-27H,7-14,21-24H2,1-6H3. The Morgan fingerprint density at radius 2 is 1.12 bits per heavy atom. The lowest BCUT2D eigenvalue weighted by Crippen LogP contribution is -2.32. The summed E-state index contributed by atoms with van der Waals surface area (Å²) in [6.07, 6.45) is 12.9. The minimum Gasteiger partial charge on any atom is -0.440 e. The lowest BCUT2D eigenvalue weighted by molar-refractivity contribution is 0.0248. The first kappa shape index (κ1) is 31.6. The van der Waals surface area contributed by atoms with Crippen molar-refractivity contribution in [1.29, 1.82) is 0 Å². The Kier molecular flexibility index (Phi) is 11.1. The number of cyclic esters (lactones) is 1. The molecule has 2 aromatic carbocycles. The molecule has 0 saturated heterocycles. The Labute approximate surface area is 254 Å². The number of fused-ring (bicyclic) bond motifs is 1. The van der Waals surface area contributed by atoms with Crippen LogP contribution in [0.25, 0.3) is 0 Å². The van der Waals surface area contributed by atoms with Crippen LogP contribution in [0.5, 0.6) is 0 Å². The second-order valence-corrected chi connectivity index (χ2v) is 11.9. The lowest BCUT2D eigenvalue weighted by Gasteiger charge is -2.34. The number of carbonyl (C=O) groups excluding carboxylic acids is 1. The van der Waals surface area contributed by atoms with E-state index < -0.39 is 5.60 Å². The van der Waals surface area contributed by atoms with Crippen molar-refractivity contribution in [2.45, 2.75) is 98.5 Å². The quantitative estimate of drug-likeness (QED) is 0.161. The van der Waals surface area contributed by atoms with Crippen LogP contribution < -0.4 is 9.80 Å². The van der Waals surface area contributed by atoms with E-state index in [1.807, 2.05) is 6.20 Å². The zero-order chi connectivity index (χ0) is 30.1. The number of hydrogen-bond donors (Lipinski definition) is 0. The summed E-state index contributed by atoms with van der Waals surface area (Å²) in [5.41, 5.74) is 7.08. The molecule has 2 heterocycles. The maximum Gasteiger partial charge on any atom is 0.340 e. The molecule has 1 aliphatic heterocycles. The molecule has 0 fully saturated rings. The van der Waals surface area contributed by atoms with Gasteiger partial charge in [-0.15, -0.1) is 0 Å². The van der Waals surface area contributed by atoms with Crippen LogP contribution in [0.1, 0.15) is 117 Å². The van der Waals surface area contributed by atoms with E-state index in [1.54, 1.807) is 12.3 Å². The van der Waals surface area contributed by atoms with Gasteiger partial charge in [0, 0.05) is 66.6 Å². The number of unbranched alkanes of at least 4 members (excludes halogenated alkanes) is 4. The molecule has 5 nitrogen and oxygen atoms in total. The number of aryl methyl sites for hydroxylation is 2. The predicted octanol–water partition coefficient (Wildman–Crippen LogP) is 8.97. The van der Waals surface area contributed by atoms with Gasteiger partial charge in [0.05, 0.1) is 5.56 Å². The lowest BCUT2D eigenvalue weighted by atomic mass is 9.77. The number of rotatable bonds is 16. The molecule has 3 aromatic rings. The number of carbonyl (C=O) groups is 1. The molecule has 0 saturated carbocycles. The number of ether oxygens (including phenoxy) is 1. The molecule has 0 atom stereocenters. The molecule has 0 radical (unpaired) electrons. The first-order valence-electron chi connectivity index (χ1n) is 16.3. The molecule has 4 rings (SSSR count). The van der Waals surface area contributed by atoms with Crippen LogP contribution in [0, 0.1) is 13.8 Å². The Bertz CT molecular complexity index is 1250. The molecule has 0 bridgehead atoms. The fraction of sp³-hybridized carbons (Fsp3) is 0.514. The number of aromatic nitrogens is 1. The third-order valence-electron chi connectivity index (χ3n) is 8.70. The molecular weight excluding hydrogens is 518 g/mol. The van der Waals surface area contributed by atoms with Crippen molar-refractivity contribution in [3.8, 4) is 0 Å². The van der Waals surface area contributed by atoms with Crippen molar-refractivity contribution in [1.82, 2.24) is 4.98 Å². The average Bonchev–Trinajstić information content (AvgIpc) is 3.29. The van der Waals surface area contributed by atoms with Crippen LogP contribution in [0.4, 0.5) is 11.4 Å². The molecule has 0 aliphatic carbocycles. The summed E-state index contributed by atoms with van der Waals surface area (Å²) in [6.45, 7) is 17.5. The van der Waals surface area contributed by atoms with Gasteiger partial charge in [-0.1, -0.05) is 65.5 Å². The van der Waals surface area contributed by atoms with Gasteiger partial charge < -0.3 is 14.5 Å². The van der Waals surface area contributed by atoms with Gasteiger partial charge in [-0.3, -0.25) is 4.98 Å². The van der Waals surface area contributed by atoms with Crippen molar-refractivity contribution in [3.63, 3.8) is 0 Å². The van der Waals surface area contributed by atoms with E-state index in [0.29, 0.717) is 5.56 Å². The number of esters is 1. The van der Waals surface area contributed by atoms with Gasteiger partial charge in [-0.2, -0.15) is 0 Å². The van der Waals surface area contributed by atoms with Gasteiger partial charge in [-0.25, -0.2) is 4.79 Å². The summed E-state index contributed by atoms with van der Waals surface area (Å²) in [6, 6.07) is 15.2. The molecule has 42 heavy (non-hydrogen) atoms. The van der Waals surface area contributed by atoms with Crippen molar-refractivity contribution in [2.75, 3.05) is 36.0 Å². The van der Waals surface area contributed by atoms with Crippen molar-refractivity contribution in [2.24, 2.45) is 0 Å². The highest BCUT2D eigenvalue weighted by molar-refractivity contribution is 5.96. The van der Waals surface area contributed by atoms with E-state index in [9.17, 15) is 4.79 Å². The Morgan fingerprint density at radius 1 is 0.667 bits per heavy atom. The molecule has 1 aromatic heterocycles. The van der Waals surface area contributed by atoms with Crippen molar-refractivity contribution in [3.05, 3.63) is 88.2 Å². The van der Waals surface area contributed by atoms with E-state index in [4.69, 9.17) is 4.74 Å². The highest BCUT2D eigenvalue weighted by atomic mass is 16.6. The second-order valence-electron chi connectivity index (χ2n) is 11.9. The fourth-order valence-electron chi connectivity index (χ4n) is 6.26. The van der Waals surface area contributed by atoms with E-state index in [0.717, 1.165) is 54.0 Å². The van der Waals surface area contributed by atoms with Gasteiger partial charge in [0.1, 0.15) is 0 Å². The smallest absolute Gasteiger partial charge is 0.340 e. The third-order valence-corrected chi connectivity index (χ3v) is 8.70. The molecule has 0 amide bonds. The van der Waals surface area contributed by atoms with E-state index in [-0.39, 0.29) is 5.97 Å². The van der Waals surface area contributed by atoms with Crippen molar-refractivity contribution < 1.29 is 9.53 Å². The molecule has 226 valence electrons. The maximum absolute atomic E-state index is 13.4. The zero-order valence-electron chi connectivity index (χ0n) is 26.8. The molecule has 1 aliphatic rings. The van der Waals surface area contributed by atoms with Crippen LogP contribution in [0.3, 0.4) is 0 Å². The minimum atomic E-state index is -1.04. The molecule has 0 spiro atoms. The van der Waals surface area contributed by atoms with Gasteiger partial charge >= 0.3 is 5.97 Å². The number of nitrogens with zero attached hydrogens (tertiary/aromatic N) is 3. The Balaban J connectivity index is 1.83. The molecule has 5 heteroatoms. The summed E-state index contributed by atoms with van der Waals surface area (Å²) in [5.74, 6) is -0.292. The minimum absolute atomic E-state index is 0.292. The summed E-state index contributed by atoms with van der Waals surface area (Å²) in [4.78, 5) is 22.9. The van der Waals surface area contributed by atoms with Gasteiger partial charge in [0.15, 0.2) is 5.60 Å². The van der Waals surface area contributed by atoms with E-state index >= 15 is 0 Å². The van der Waals surface area contributed by atoms with Crippen LogP contribution in [-0.2, 0) is 10.3 Å². The summed E-state index contributed by atoms with van der Waals surface area (Å²) >= 11 is 0. The number of benzene rings is 2. The molecule has 0 N–H and O–H groups in total. The monoisotopic (exact) mass is 569 g/mol. The van der Waals surface area contributed by atoms with Crippen molar-refractivity contribution >= 4 is 17.3 Å². The topological polar surface area (TPSA) is 45.7 Å². The molecular formula is C37H51N3O2. The van der Waals surface area contributed by atoms with Crippen LogP contribution in [-0.4, -0.2) is 37.1 Å². The number of pyridine rings is 1. The summed E-state index contributed by atoms with van der Waals surface area (Å²) in [7, 11) is 0. The number of hydrogen-bond acceptors (Lipinski definition) is 5. The van der Waals surface area contributed by atoms with Gasteiger partial charge in [-0.05, 0) is 81.0 Å². The highest BCUT2D eigenvalue weighted by Gasteiger charge is 2.50. The molecule has 0 unspecified atom stereocenters. The predicted molar refractivity (Wildman–Crippen MR) is 176 cm³/mol. The fourth-order valence-corrected chi connectivity index (χ4v) is 6.26. The normalized spacial score (nSPS) is 13.6. The average molecular weight is 570 g/mol. The van der Waals surface area contributed by atoms with Crippen LogP contribution >= 0.6 is 0 Å². The highest BCUT2D eigenvalue weighted by Crippen LogP contribution is 2.49.